The molecule has 2 aliphatic rings. The molecule has 1 N–H and O–H groups in total. The summed E-state index contributed by atoms with van der Waals surface area (Å²) in [5.41, 5.74) is 1.72. The smallest absolute Gasteiger partial charge is 0.256 e. The molecule has 2 amide bonds. The molecule has 1 aromatic carbocycles. The Bertz CT molecular complexity index is 1390. The van der Waals surface area contributed by atoms with Crippen LogP contribution >= 0.6 is 0 Å². The average molecular weight is 506 g/mol. The highest BCUT2D eigenvalue weighted by atomic mass is 19.1. The molecular formula is C28H29F2N5O2. The predicted octanol–water partition coefficient (Wildman–Crippen LogP) is 5.09. The first-order chi connectivity index (χ1) is 17.6. The zero-order valence-corrected chi connectivity index (χ0v) is 21.3. The van der Waals surface area contributed by atoms with E-state index < -0.39 is 17.0 Å². The number of pyridine rings is 1. The van der Waals surface area contributed by atoms with Gasteiger partial charge in [-0.3, -0.25) is 14.6 Å². The fourth-order valence-corrected chi connectivity index (χ4v) is 6.33. The van der Waals surface area contributed by atoms with Gasteiger partial charge in [-0.05, 0) is 60.9 Å². The van der Waals surface area contributed by atoms with Crippen LogP contribution in [0, 0.1) is 17.0 Å². The van der Waals surface area contributed by atoms with Crippen molar-refractivity contribution in [2.75, 3.05) is 18.4 Å². The van der Waals surface area contributed by atoms with Gasteiger partial charge in [0.25, 0.3) is 5.91 Å². The zero-order valence-electron chi connectivity index (χ0n) is 21.3. The monoisotopic (exact) mass is 505 g/mol. The Morgan fingerprint density at radius 1 is 1.16 bits per heavy atom. The van der Waals surface area contributed by atoms with E-state index >= 15 is 0 Å². The third-order valence-electron chi connectivity index (χ3n) is 8.33. The average Bonchev–Trinajstić information content (AvgIpc) is 3.21. The number of hydrogen-bond acceptors (Lipinski definition) is 5. The molecule has 2 aliphatic carbocycles. The number of nitrogens with one attached hydrogen (secondary N) is 1. The summed E-state index contributed by atoms with van der Waals surface area (Å²) in [6.07, 6.45) is 4.69. The van der Waals surface area contributed by atoms with E-state index in [2.05, 4.69) is 34.3 Å². The van der Waals surface area contributed by atoms with Gasteiger partial charge in [-0.1, -0.05) is 19.9 Å². The minimum absolute atomic E-state index is 0.122. The van der Waals surface area contributed by atoms with Gasteiger partial charge in [0.2, 0.25) is 5.91 Å². The molecular weight excluding hydrogens is 476 g/mol. The van der Waals surface area contributed by atoms with E-state index in [4.69, 9.17) is 0 Å². The number of carbonyl (C=O) groups excluding carboxylic acids is 2. The Morgan fingerprint density at radius 2 is 1.89 bits per heavy atom. The molecule has 2 atom stereocenters. The second-order valence-corrected chi connectivity index (χ2v) is 10.4. The number of anilines is 1. The molecule has 0 saturated heterocycles. The van der Waals surface area contributed by atoms with Crippen LogP contribution in [0.25, 0.3) is 11.3 Å². The minimum Gasteiger partial charge on any atom is -0.338 e. The number of amides is 2. The van der Waals surface area contributed by atoms with E-state index in [1.807, 2.05) is 6.92 Å². The lowest BCUT2D eigenvalue weighted by molar-refractivity contribution is -0.114. The number of likely N-dealkylation sites (N-methyl/N-ethyl adjacent to an activating group) is 1. The zero-order chi connectivity index (χ0) is 26.5. The van der Waals surface area contributed by atoms with Gasteiger partial charge in [0, 0.05) is 31.6 Å². The highest BCUT2D eigenvalue weighted by Gasteiger charge is 2.64. The van der Waals surface area contributed by atoms with Crippen LogP contribution < -0.4 is 5.32 Å². The molecule has 1 fully saturated rings. The van der Waals surface area contributed by atoms with Crippen molar-refractivity contribution < 1.29 is 18.4 Å². The Kier molecular flexibility index (Phi) is 6.04. The van der Waals surface area contributed by atoms with Crippen molar-refractivity contribution in [3.63, 3.8) is 0 Å². The van der Waals surface area contributed by atoms with Crippen molar-refractivity contribution in [1.82, 2.24) is 20.1 Å². The van der Waals surface area contributed by atoms with E-state index in [1.54, 1.807) is 17.0 Å². The number of rotatable bonds is 6. The Balaban J connectivity index is 1.54. The standard InChI is InChI=1S/C28H29F2N5O2/c1-5-35(26(37)17-10-12-31-14-23(17)32-16(2)36)15-28-11-9-19(27(28,3)4)18-13-22(33-34-25(18)28)24-20(29)7-6-8-21(24)30/h6-8,10,12-14,19H,5,9,11,15H2,1-4H3,(H,32,36)/t19-,28?/m0/s1. The highest BCUT2D eigenvalue weighted by Crippen LogP contribution is 2.67. The first kappa shape index (κ1) is 24.9. The Labute approximate surface area is 214 Å². The van der Waals surface area contributed by atoms with Crippen LogP contribution in [0.2, 0.25) is 0 Å². The lowest BCUT2D eigenvalue weighted by Gasteiger charge is -2.41. The molecule has 5 rings (SSSR count). The van der Waals surface area contributed by atoms with Gasteiger partial charge < -0.3 is 10.2 Å². The lowest BCUT2D eigenvalue weighted by Crippen LogP contribution is -2.48. The molecule has 9 heteroatoms. The molecule has 7 nitrogen and oxygen atoms in total. The topological polar surface area (TPSA) is 88.1 Å². The molecule has 2 heterocycles. The van der Waals surface area contributed by atoms with Gasteiger partial charge in [-0.15, -0.1) is 0 Å². The predicted molar refractivity (Wildman–Crippen MR) is 135 cm³/mol. The van der Waals surface area contributed by atoms with Crippen LogP contribution in [-0.4, -0.2) is 45.0 Å². The van der Waals surface area contributed by atoms with E-state index in [0.717, 1.165) is 24.1 Å². The molecule has 0 radical (unpaired) electrons. The summed E-state index contributed by atoms with van der Waals surface area (Å²) in [6, 6.07) is 7.13. The van der Waals surface area contributed by atoms with Gasteiger partial charge in [0.15, 0.2) is 0 Å². The maximum absolute atomic E-state index is 14.5. The van der Waals surface area contributed by atoms with Crippen molar-refractivity contribution >= 4 is 17.5 Å². The molecule has 3 aromatic rings. The number of halogens is 2. The lowest BCUT2D eigenvalue weighted by atomic mass is 9.68. The van der Waals surface area contributed by atoms with Gasteiger partial charge in [0.05, 0.1) is 34.4 Å². The number of nitrogens with zero attached hydrogens (tertiary/aromatic N) is 4. The largest absolute Gasteiger partial charge is 0.338 e. The summed E-state index contributed by atoms with van der Waals surface area (Å²) in [4.78, 5) is 31.2. The SMILES string of the molecule is CCN(CC12CC[C@@H](c3cc(-c4c(F)cccc4F)nnc31)C2(C)C)C(=O)c1ccncc1NC(C)=O. The van der Waals surface area contributed by atoms with Crippen molar-refractivity contribution in [2.45, 2.75) is 51.9 Å². The summed E-state index contributed by atoms with van der Waals surface area (Å²) >= 11 is 0. The number of carbonyl (C=O) groups is 2. The van der Waals surface area contributed by atoms with Gasteiger partial charge in [-0.2, -0.15) is 10.2 Å². The van der Waals surface area contributed by atoms with Gasteiger partial charge >= 0.3 is 0 Å². The fraction of sp³-hybridized carbons (Fsp3) is 0.393. The first-order valence-corrected chi connectivity index (χ1v) is 12.4. The van der Waals surface area contributed by atoms with Crippen LogP contribution in [0.5, 0.6) is 0 Å². The van der Waals surface area contributed by atoms with E-state index in [9.17, 15) is 18.4 Å². The normalized spacial score (nSPS) is 21.0. The number of aromatic nitrogens is 3. The molecule has 192 valence electrons. The fourth-order valence-electron chi connectivity index (χ4n) is 6.33. The van der Waals surface area contributed by atoms with Crippen molar-refractivity contribution in [1.29, 1.82) is 0 Å². The maximum atomic E-state index is 14.5. The van der Waals surface area contributed by atoms with Gasteiger partial charge in [-0.25, -0.2) is 8.78 Å². The second kappa shape index (κ2) is 8.97. The first-order valence-electron chi connectivity index (χ1n) is 12.4. The van der Waals surface area contributed by atoms with E-state index in [0.29, 0.717) is 24.3 Å². The van der Waals surface area contributed by atoms with Crippen molar-refractivity contribution in [3.05, 3.63) is 71.2 Å². The van der Waals surface area contributed by atoms with E-state index in [-0.39, 0.29) is 34.4 Å². The Morgan fingerprint density at radius 3 is 2.57 bits per heavy atom. The molecule has 1 unspecified atom stereocenters. The highest BCUT2D eigenvalue weighted by molar-refractivity contribution is 6.03. The summed E-state index contributed by atoms with van der Waals surface area (Å²) in [5.74, 6) is -1.74. The third kappa shape index (κ3) is 3.79. The minimum atomic E-state index is -0.679. The number of fused-ring (bicyclic) bond motifs is 5. The van der Waals surface area contributed by atoms with Gasteiger partial charge in [0.1, 0.15) is 11.6 Å². The second-order valence-electron chi connectivity index (χ2n) is 10.4. The van der Waals surface area contributed by atoms with E-state index in [1.165, 1.54) is 37.5 Å². The van der Waals surface area contributed by atoms with Crippen LogP contribution in [0.3, 0.4) is 0 Å². The molecule has 2 aromatic heterocycles. The quantitative estimate of drug-likeness (QED) is 0.504. The van der Waals surface area contributed by atoms with Crippen LogP contribution in [-0.2, 0) is 10.2 Å². The van der Waals surface area contributed by atoms with Crippen LogP contribution in [0.4, 0.5) is 14.5 Å². The molecule has 2 bridgehead atoms. The molecule has 1 saturated carbocycles. The van der Waals surface area contributed by atoms with Crippen molar-refractivity contribution in [2.24, 2.45) is 5.41 Å². The molecule has 37 heavy (non-hydrogen) atoms. The summed E-state index contributed by atoms with van der Waals surface area (Å²) in [5, 5.41) is 11.5. The summed E-state index contributed by atoms with van der Waals surface area (Å²) in [7, 11) is 0. The summed E-state index contributed by atoms with van der Waals surface area (Å²) in [6.45, 7) is 8.49. The third-order valence-corrected chi connectivity index (χ3v) is 8.33. The number of benzene rings is 1. The van der Waals surface area contributed by atoms with Crippen LogP contribution in [0.15, 0.2) is 42.7 Å². The van der Waals surface area contributed by atoms with Crippen LogP contribution in [0.1, 0.15) is 68.1 Å². The molecule has 0 aliphatic heterocycles. The number of hydrogen-bond donors (Lipinski definition) is 1. The summed E-state index contributed by atoms with van der Waals surface area (Å²) < 4.78 is 29.0. The Hall–Kier alpha value is -3.75. The molecule has 0 spiro atoms. The van der Waals surface area contributed by atoms with Crippen molar-refractivity contribution in [3.8, 4) is 11.3 Å². The maximum Gasteiger partial charge on any atom is 0.256 e.